The molecule has 2 heterocycles. The van der Waals surface area contributed by atoms with Gasteiger partial charge in [0.25, 0.3) is 11.8 Å². The first-order valence-electron chi connectivity index (χ1n) is 8.96. The Morgan fingerprint density at radius 1 is 1.38 bits per heavy atom. The molecule has 0 spiro atoms. The lowest BCUT2D eigenvalue weighted by Gasteiger charge is -2.19. The number of hydrogen-bond donors (Lipinski definition) is 3. The predicted octanol–water partition coefficient (Wildman–Crippen LogP) is 0.738. The molecule has 1 aliphatic heterocycles. The van der Waals surface area contributed by atoms with E-state index in [1.165, 1.54) is 0 Å². The molecule has 1 fully saturated rings. The Morgan fingerprint density at radius 3 is 3.08 bits per heavy atom. The number of aromatic nitrogens is 2. The molecule has 1 aromatic carbocycles. The molecule has 2 aromatic rings. The maximum atomic E-state index is 12.6. The van der Waals surface area contributed by atoms with Crippen LogP contribution in [0.15, 0.2) is 36.9 Å². The Hall–Kier alpha value is -2.67. The van der Waals surface area contributed by atoms with Gasteiger partial charge < -0.3 is 20.3 Å². The summed E-state index contributed by atoms with van der Waals surface area (Å²) in [6, 6.07) is 4.90. The minimum absolute atomic E-state index is 0.0910. The molecule has 0 radical (unpaired) electrons. The summed E-state index contributed by atoms with van der Waals surface area (Å²) in [5.41, 5.74) is 2.06. The van der Waals surface area contributed by atoms with Crippen molar-refractivity contribution in [3.05, 3.63) is 53.6 Å². The predicted molar refractivity (Wildman–Crippen MR) is 94.7 cm³/mol. The lowest BCUT2D eigenvalue weighted by Crippen LogP contribution is -2.40. The van der Waals surface area contributed by atoms with E-state index < -0.39 is 6.10 Å². The van der Waals surface area contributed by atoms with Crippen LogP contribution in [0.25, 0.3) is 0 Å². The molecule has 4 rings (SSSR count). The molecule has 1 aliphatic carbocycles. The van der Waals surface area contributed by atoms with Gasteiger partial charge in [-0.3, -0.25) is 9.59 Å². The summed E-state index contributed by atoms with van der Waals surface area (Å²) >= 11 is 0. The molecule has 26 heavy (non-hydrogen) atoms. The van der Waals surface area contributed by atoms with Crippen molar-refractivity contribution >= 4 is 11.8 Å². The van der Waals surface area contributed by atoms with Gasteiger partial charge in [0.2, 0.25) is 0 Å². The monoisotopic (exact) mass is 354 g/mol. The minimum atomic E-state index is -0.545. The van der Waals surface area contributed by atoms with E-state index in [0.29, 0.717) is 30.0 Å². The summed E-state index contributed by atoms with van der Waals surface area (Å²) in [5, 5.41) is 16.1. The second-order valence-corrected chi connectivity index (χ2v) is 7.12. The highest BCUT2D eigenvalue weighted by atomic mass is 16.3. The minimum Gasteiger partial charge on any atom is -0.391 e. The van der Waals surface area contributed by atoms with Crippen LogP contribution >= 0.6 is 0 Å². The quantitative estimate of drug-likeness (QED) is 0.754. The van der Waals surface area contributed by atoms with E-state index in [4.69, 9.17) is 0 Å². The maximum absolute atomic E-state index is 12.6. The van der Waals surface area contributed by atoms with Gasteiger partial charge in [0, 0.05) is 36.6 Å². The number of imidazole rings is 1. The van der Waals surface area contributed by atoms with Gasteiger partial charge in [0.05, 0.1) is 18.5 Å². The van der Waals surface area contributed by atoms with Gasteiger partial charge in [-0.25, -0.2) is 4.98 Å². The SMILES string of the molecule is O=C(N[C@@H]1CC(Cn2ccnc2)C[C@H]1O)c1ccc2c(c1)CCNC2=O. The van der Waals surface area contributed by atoms with Gasteiger partial charge in [-0.1, -0.05) is 0 Å². The summed E-state index contributed by atoms with van der Waals surface area (Å²) < 4.78 is 2.00. The van der Waals surface area contributed by atoms with Crippen LogP contribution in [0.3, 0.4) is 0 Å². The third-order valence-corrected chi connectivity index (χ3v) is 5.26. The first-order chi connectivity index (χ1) is 12.6. The fourth-order valence-corrected chi connectivity index (χ4v) is 3.94. The van der Waals surface area contributed by atoms with E-state index in [-0.39, 0.29) is 17.9 Å². The zero-order chi connectivity index (χ0) is 18.1. The standard InChI is InChI=1S/C19H22N4O3/c24-17-8-12(10-23-6-5-20-11-23)7-16(17)22-18(25)14-1-2-15-13(9-14)3-4-21-19(15)26/h1-2,5-6,9,11-12,16-17,24H,3-4,7-8,10H2,(H,21,26)(H,22,25)/t12?,16-,17-/m1/s1. The van der Waals surface area contributed by atoms with Crippen molar-refractivity contribution < 1.29 is 14.7 Å². The number of aliphatic hydroxyl groups is 1. The number of benzene rings is 1. The van der Waals surface area contributed by atoms with Crippen LogP contribution in [0.1, 0.15) is 39.1 Å². The van der Waals surface area contributed by atoms with Crippen molar-refractivity contribution in [2.45, 2.75) is 38.0 Å². The van der Waals surface area contributed by atoms with Crippen molar-refractivity contribution in [2.75, 3.05) is 6.54 Å². The van der Waals surface area contributed by atoms with Crippen molar-refractivity contribution in [1.29, 1.82) is 0 Å². The molecular weight excluding hydrogens is 332 g/mol. The smallest absolute Gasteiger partial charge is 0.251 e. The Kier molecular flexibility index (Phi) is 4.46. The number of carbonyl (C=O) groups is 2. The number of nitrogens with zero attached hydrogens (tertiary/aromatic N) is 2. The number of rotatable bonds is 4. The van der Waals surface area contributed by atoms with Gasteiger partial charge in [0.1, 0.15) is 0 Å². The topological polar surface area (TPSA) is 96.2 Å². The van der Waals surface area contributed by atoms with Crippen LogP contribution in [-0.4, -0.2) is 45.2 Å². The lowest BCUT2D eigenvalue weighted by molar-refractivity contribution is 0.0871. The Bertz CT molecular complexity index is 818. The van der Waals surface area contributed by atoms with Gasteiger partial charge in [-0.05, 0) is 48.9 Å². The van der Waals surface area contributed by atoms with Crippen molar-refractivity contribution in [2.24, 2.45) is 5.92 Å². The van der Waals surface area contributed by atoms with Crippen LogP contribution in [0.4, 0.5) is 0 Å². The van der Waals surface area contributed by atoms with Crippen molar-refractivity contribution in [1.82, 2.24) is 20.2 Å². The molecule has 1 unspecified atom stereocenters. The van der Waals surface area contributed by atoms with Crippen LogP contribution in [-0.2, 0) is 13.0 Å². The van der Waals surface area contributed by atoms with Crippen molar-refractivity contribution in [3.8, 4) is 0 Å². The highest BCUT2D eigenvalue weighted by molar-refractivity contribution is 5.99. The van der Waals surface area contributed by atoms with E-state index >= 15 is 0 Å². The Labute approximate surface area is 151 Å². The van der Waals surface area contributed by atoms with E-state index in [0.717, 1.165) is 24.9 Å². The second-order valence-electron chi connectivity index (χ2n) is 7.12. The molecule has 2 amide bonds. The summed E-state index contributed by atoms with van der Waals surface area (Å²) in [5.74, 6) is 0.00890. The molecule has 0 bridgehead atoms. The number of aliphatic hydroxyl groups excluding tert-OH is 1. The van der Waals surface area contributed by atoms with Gasteiger partial charge in [-0.2, -0.15) is 0 Å². The van der Waals surface area contributed by atoms with Gasteiger partial charge in [0.15, 0.2) is 0 Å². The highest BCUT2D eigenvalue weighted by Crippen LogP contribution is 2.28. The van der Waals surface area contributed by atoms with E-state index in [1.807, 2.05) is 10.8 Å². The molecule has 3 atom stereocenters. The number of hydrogen-bond acceptors (Lipinski definition) is 4. The zero-order valence-electron chi connectivity index (χ0n) is 14.4. The van der Waals surface area contributed by atoms with E-state index in [2.05, 4.69) is 15.6 Å². The maximum Gasteiger partial charge on any atom is 0.251 e. The normalized spacial score (nSPS) is 24.8. The Morgan fingerprint density at radius 2 is 2.27 bits per heavy atom. The van der Waals surface area contributed by atoms with Gasteiger partial charge >= 0.3 is 0 Å². The Balaban J connectivity index is 1.41. The molecule has 7 heteroatoms. The summed E-state index contributed by atoms with van der Waals surface area (Å²) in [6.45, 7) is 1.38. The van der Waals surface area contributed by atoms with Crippen LogP contribution < -0.4 is 10.6 Å². The number of amides is 2. The third kappa shape index (κ3) is 3.35. The fraction of sp³-hybridized carbons (Fsp3) is 0.421. The first kappa shape index (κ1) is 16.8. The zero-order valence-corrected chi connectivity index (χ0v) is 14.4. The molecule has 0 saturated heterocycles. The lowest BCUT2D eigenvalue weighted by atomic mass is 9.97. The third-order valence-electron chi connectivity index (χ3n) is 5.26. The van der Waals surface area contributed by atoms with Crippen LogP contribution in [0.2, 0.25) is 0 Å². The summed E-state index contributed by atoms with van der Waals surface area (Å²) in [6.07, 6.45) is 6.98. The molecule has 1 aromatic heterocycles. The summed E-state index contributed by atoms with van der Waals surface area (Å²) in [7, 11) is 0. The second kappa shape index (κ2) is 6.92. The molecule has 136 valence electrons. The average molecular weight is 354 g/mol. The van der Waals surface area contributed by atoms with E-state index in [9.17, 15) is 14.7 Å². The average Bonchev–Trinajstić information content (AvgIpc) is 3.25. The number of carbonyl (C=O) groups excluding carboxylic acids is 2. The molecule has 1 saturated carbocycles. The van der Waals surface area contributed by atoms with E-state index in [1.54, 1.807) is 30.7 Å². The first-order valence-corrected chi connectivity index (χ1v) is 8.96. The number of nitrogens with one attached hydrogen (secondary N) is 2. The van der Waals surface area contributed by atoms with Gasteiger partial charge in [-0.15, -0.1) is 0 Å². The molecule has 2 aliphatic rings. The van der Waals surface area contributed by atoms with Crippen molar-refractivity contribution in [3.63, 3.8) is 0 Å². The van der Waals surface area contributed by atoms with Crippen LogP contribution in [0.5, 0.6) is 0 Å². The highest BCUT2D eigenvalue weighted by Gasteiger charge is 2.34. The molecule has 3 N–H and O–H groups in total. The fourth-order valence-electron chi connectivity index (χ4n) is 3.94. The van der Waals surface area contributed by atoms with Crippen LogP contribution in [0, 0.1) is 5.92 Å². The summed E-state index contributed by atoms with van der Waals surface area (Å²) in [4.78, 5) is 28.4. The number of fused-ring (bicyclic) bond motifs is 1. The molecular formula is C19H22N4O3. The molecule has 7 nitrogen and oxygen atoms in total. The largest absolute Gasteiger partial charge is 0.391 e.